The van der Waals surface area contributed by atoms with Crippen molar-refractivity contribution >= 4 is 32.5 Å². The Hall–Kier alpha value is -1.13. The molecule has 3 rings (SSSR count). The van der Waals surface area contributed by atoms with E-state index in [9.17, 15) is 0 Å². The van der Waals surface area contributed by atoms with Crippen LogP contribution in [0, 0.1) is 6.92 Å². The minimum Gasteiger partial charge on any atom is -0.323 e. The molecule has 1 aliphatic rings. The highest BCUT2D eigenvalue weighted by molar-refractivity contribution is 9.10. The quantitative estimate of drug-likeness (QED) is 0.642. The Morgan fingerprint density at radius 1 is 1.32 bits per heavy atom. The van der Waals surface area contributed by atoms with Gasteiger partial charge in [-0.25, -0.2) is 0 Å². The van der Waals surface area contributed by atoms with Gasteiger partial charge in [0, 0.05) is 21.5 Å². The zero-order valence-corrected chi connectivity index (χ0v) is 12.6. The molecule has 1 heterocycles. The Labute approximate surface area is 121 Å². The zero-order valence-electron chi connectivity index (χ0n) is 11.0. The van der Waals surface area contributed by atoms with Crippen LogP contribution in [0.3, 0.4) is 0 Å². The van der Waals surface area contributed by atoms with Crippen LogP contribution in [-0.4, -0.2) is 4.98 Å². The van der Waals surface area contributed by atoms with Gasteiger partial charge in [-0.1, -0.05) is 18.9 Å². The van der Waals surface area contributed by atoms with E-state index in [0.29, 0.717) is 5.92 Å². The first-order chi connectivity index (χ1) is 9.20. The summed E-state index contributed by atoms with van der Waals surface area (Å²) in [5.41, 5.74) is 7.19. The summed E-state index contributed by atoms with van der Waals surface area (Å²) < 4.78 is 1.03. The van der Waals surface area contributed by atoms with Gasteiger partial charge in [0.25, 0.3) is 0 Å². The highest BCUT2D eigenvalue weighted by Crippen LogP contribution is 2.38. The number of aryl methyl sites for hydroxylation is 1. The minimum atomic E-state index is 0.587. The van der Waals surface area contributed by atoms with E-state index >= 15 is 0 Å². The lowest BCUT2D eigenvalue weighted by atomic mass is 10.00. The summed E-state index contributed by atoms with van der Waals surface area (Å²) in [6, 6.07) is 6.27. The SMILES string of the molecule is Cc1ccc(Br)c2nc(C3CCCC3)cc(NN)c12. The Kier molecular flexibility index (Phi) is 3.46. The number of halogens is 1. The number of nitrogen functional groups attached to an aromatic ring is 1. The van der Waals surface area contributed by atoms with Crippen LogP contribution in [0.5, 0.6) is 0 Å². The Morgan fingerprint density at radius 3 is 2.74 bits per heavy atom. The van der Waals surface area contributed by atoms with Crippen molar-refractivity contribution in [3.8, 4) is 0 Å². The Bertz CT molecular complexity index is 618. The number of benzene rings is 1. The lowest BCUT2D eigenvalue weighted by molar-refractivity contribution is 0.701. The number of aromatic nitrogens is 1. The summed E-state index contributed by atoms with van der Waals surface area (Å²) >= 11 is 3.61. The van der Waals surface area contributed by atoms with Gasteiger partial charge in [0.05, 0.1) is 11.2 Å². The number of fused-ring (bicyclic) bond motifs is 1. The third kappa shape index (κ3) is 2.23. The zero-order chi connectivity index (χ0) is 13.4. The Balaban J connectivity index is 2.24. The topological polar surface area (TPSA) is 50.9 Å². The molecule has 19 heavy (non-hydrogen) atoms. The van der Waals surface area contributed by atoms with E-state index in [4.69, 9.17) is 10.8 Å². The fourth-order valence-electron chi connectivity index (χ4n) is 3.04. The number of nitrogens with two attached hydrogens (primary N) is 1. The third-order valence-electron chi connectivity index (χ3n) is 4.07. The first kappa shape index (κ1) is 12.9. The van der Waals surface area contributed by atoms with Crippen LogP contribution in [0.1, 0.15) is 42.9 Å². The van der Waals surface area contributed by atoms with Gasteiger partial charge >= 0.3 is 0 Å². The minimum absolute atomic E-state index is 0.587. The maximum absolute atomic E-state index is 5.71. The van der Waals surface area contributed by atoms with Gasteiger partial charge in [-0.15, -0.1) is 0 Å². The van der Waals surface area contributed by atoms with E-state index in [1.165, 1.54) is 36.9 Å². The lowest BCUT2D eigenvalue weighted by Gasteiger charge is -2.15. The number of hydrogen-bond acceptors (Lipinski definition) is 3. The van der Waals surface area contributed by atoms with Crippen LogP contribution in [0.2, 0.25) is 0 Å². The van der Waals surface area contributed by atoms with Crippen LogP contribution < -0.4 is 11.3 Å². The average Bonchev–Trinajstić information content (AvgIpc) is 2.96. The van der Waals surface area contributed by atoms with Gasteiger partial charge in [-0.05, 0) is 53.4 Å². The number of hydrogen-bond donors (Lipinski definition) is 2. The van der Waals surface area contributed by atoms with Crippen molar-refractivity contribution in [2.45, 2.75) is 38.5 Å². The van der Waals surface area contributed by atoms with Gasteiger partial charge < -0.3 is 5.43 Å². The lowest BCUT2D eigenvalue weighted by Crippen LogP contribution is -2.10. The summed E-state index contributed by atoms with van der Waals surface area (Å²) in [4.78, 5) is 4.88. The van der Waals surface area contributed by atoms with Crippen LogP contribution in [-0.2, 0) is 0 Å². The Morgan fingerprint density at radius 2 is 2.05 bits per heavy atom. The fourth-order valence-corrected chi connectivity index (χ4v) is 3.46. The molecule has 1 saturated carbocycles. The predicted octanol–water partition coefficient (Wildman–Crippen LogP) is 4.25. The molecule has 0 spiro atoms. The van der Waals surface area contributed by atoms with E-state index in [-0.39, 0.29) is 0 Å². The third-order valence-corrected chi connectivity index (χ3v) is 4.71. The molecule has 0 aliphatic heterocycles. The van der Waals surface area contributed by atoms with Crippen molar-refractivity contribution in [3.05, 3.63) is 33.9 Å². The van der Waals surface area contributed by atoms with E-state index < -0.39 is 0 Å². The number of nitrogens with one attached hydrogen (secondary N) is 1. The van der Waals surface area contributed by atoms with Crippen molar-refractivity contribution in [2.75, 3.05) is 5.43 Å². The second-order valence-electron chi connectivity index (χ2n) is 5.31. The van der Waals surface area contributed by atoms with Gasteiger partial charge in [0.2, 0.25) is 0 Å². The fraction of sp³-hybridized carbons (Fsp3) is 0.400. The first-order valence-electron chi connectivity index (χ1n) is 6.77. The van der Waals surface area contributed by atoms with Gasteiger partial charge in [0.1, 0.15) is 0 Å². The van der Waals surface area contributed by atoms with Gasteiger partial charge in [0.15, 0.2) is 0 Å². The van der Waals surface area contributed by atoms with E-state index in [2.05, 4.69) is 46.5 Å². The van der Waals surface area contributed by atoms with Crippen molar-refractivity contribution in [3.63, 3.8) is 0 Å². The van der Waals surface area contributed by atoms with Crippen molar-refractivity contribution < 1.29 is 0 Å². The second kappa shape index (κ2) is 5.10. The second-order valence-corrected chi connectivity index (χ2v) is 6.16. The number of anilines is 1. The summed E-state index contributed by atoms with van der Waals surface area (Å²) in [5, 5.41) is 1.11. The number of nitrogens with zero attached hydrogens (tertiary/aromatic N) is 1. The molecule has 2 aromatic rings. The van der Waals surface area contributed by atoms with Crippen LogP contribution >= 0.6 is 15.9 Å². The summed E-state index contributed by atoms with van der Waals surface area (Å²) in [5.74, 6) is 6.30. The molecule has 0 saturated heterocycles. The average molecular weight is 320 g/mol. The molecule has 1 fully saturated rings. The number of hydrazine groups is 1. The van der Waals surface area contributed by atoms with E-state index in [0.717, 1.165) is 21.1 Å². The van der Waals surface area contributed by atoms with Gasteiger partial charge in [-0.2, -0.15) is 0 Å². The molecule has 100 valence electrons. The van der Waals surface area contributed by atoms with Crippen molar-refractivity contribution in [2.24, 2.45) is 5.84 Å². The number of rotatable bonds is 2. The van der Waals surface area contributed by atoms with E-state index in [1.54, 1.807) is 0 Å². The van der Waals surface area contributed by atoms with Gasteiger partial charge in [-0.3, -0.25) is 10.8 Å². The molecule has 3 N–H and O–H groups in total. The monoisotopic (exact) mass is 319 g/mol. The normalized spacial score (nSPS) is 16.2. The number of pyridine rings is 1. The molecule has 0 atom stereocenters. The van der Waals surface area contributed by atoms with Crippen molar-refractivity contribution in [1.82, 2.24) is 4.98 Å². The maximum Gasteiger partial charge on any atom is 0.0871 e. The molecule has 0 amide bonds. The molecule has 0 unspecified atom stereocenters. The summed E-state index contributed by atoms with van der Waals surface area (Å²) in [7, 11) is 0. The summed E-state index contributed by atoms with van der Waals surface area (Å²) in [6.45, 7) is 2.09. The molecule has 0 radical (unpaired) electrons. The molecule has 0 bridgehead atoms. The predicted molar refractivity (Wildman–Crippen MR) is 83.2 cm³/mol. The molecule has 1 aromatic heterocycles. The molecular weight excluding hydrogens is 302 g/mol. The summed E-state index contributed by atoms with van der Waals surface area (Å²) in [6.07, 6.45) is 5.10. The van der Waals surface area contributed by atoms with Crippen LogP contribution in [0.25, 0.3) is 10.9 Å². The standard InChI is InChI=1S/C15H18BrN3/c1-9-6-7-11(16)15-14(9)13(19-17)8-12(18-15)10-4-2-3-5-10/h6-8,10H,2-5,17H2,1H3,(H,18,19). The van der Waals surface area contributed by atoms with Crippen LogP contribution in [0.15, 0.2) is 22.7 Å². The molecule has 1 aromatic carbocycles. The molecule has 3 nitrogen and oxygen atoms in total. The van der Waals surface area contributed by atoms with Crippen LogP contribution in [0.4, 0.5) is 5.69 Å². The maximum atomic E-state index is 5.71. The highest BCUT2D eigenvalue weighted by atomic mass is 79.9. The largest absolute Gasteiger partial charge is 0.323 e. The first-order valence-corrected chi connectivity index (χ1v) is 7.56. The molecule has 4 heteroatoms. The molecule has 1 aliphatic carbocycles. The highest BCUT2D eigenvalue weighted by Gasteiger charge is 2.20. The van der Waals surface area contributed by atoms with Crippen molar-refractivity contribution in [1.29, 1.82) is 0 Å². The van der Waals surface area contributed by atoms with E-state index in [1.807, 2.05) is 0 Å². The molecular formula is C15H18BrN3. The smallest absolute Gasteiger partial charge is 0.0871 e.